The van der Waals surface area contributed by atoms with Crippen molar-refractivity contribution in [2.45, 2.75) is 17.6 Å². The fourth-order valence-corrected chi connectivity index (χ4v) is 4.13. The number of halogens is 1. The molecule has 0 aromatic carbocycles. The van der Waals surface area contributed by atoms with Crippen molar-refractivity contribution in [2.24, 2.45) is 0 Å². The maximum atomic E-state index is 11.9. The lowest BCUT2D eigenvalue weighted by atomic mass is 10.2. The van der Waals surface area contributed by atoms with Gasteiger partial charge in [-0.3, -0.25) is 4.79 Å². The number of methoxy groups -OCH3 is 1. The molecule has 0 atom stereocenters. The van der Waals surface area contributed by atoms with Crippen LogP contribution in [-0.2, 0) is 18.5 Å². The largest absolute Gasteiger partial charge is 0.382 e. The molecule has 0 aliphatic heterocycles. The first kappa shape index (κ1) is 18.4. The molecule has 0 aliphatic rings. The second-order valence-electron chi connectivity index (χ2n) is 4.21. The molecule has 6 nitrogen and oxygen atoms in total. The third-order valence-corrected chi connectivity index (χ3v) is 5.95. The summed E-state index contributed by atoms with van der Waals surface area (Å²) in [4.78, 5) is 11.9. The van der Waals surface area contributed by atoms with E-state index in [1.807, 2.05) is 0 Å². The number of hydrogen-bond acceptors (Lipinski definition) is 6. The van der Waals surface area contributed by atoms with Gasteiger partial charge in [0.2, 0.25) is 0 Å². The number of ether oxygens (including phenoxy) is 2. The summed E-state index contributed by atoms with van der Waals surface area (Å²) in [7, 11) is 3.09. The molecule has 0 unspecified atom stereocenters. The minimum atomic E-state index is -3.81. The first-order chi connectivity index (χ1) is 9.88. The molecular formula is C12H18ClNO5S2. The van der Waals surface area contributed by atoms with Crippen molar-refractivity contribution in [3.05, 3.63) is 16.5 Å². The Hall–Kier alpha value is -0.670. The quantitative estimate of drug-likeness (QED) is 0.539. The normalized spacial score (nSPS) is 11.6. The van der Waals surface area contributed by atoms with Crippen LogP contribution in [0.5, 0.6) is 0 Å². The lowest BCUT2D eigenvalue weighted by molar-refractivity contribution is 0.0688. The summed E-state index contributed by atoms with van der Waals surface area (Å²) >= 11 is 0.945. The maximum absolute atomic E-state index is 11.9. The van der Waals surface area contributed by atoms with Gasteiger partial charge in [0.25, 0.3) is 15.0 Å². The summed E-state index contributed by atoms with van der Waals surface area (Å²) in [5, 5.41) is 4.21. The average Bonchev–Trinajstić information content (AvgIpc) is 2.79. The molecule has 1 aromatic heterocycles. The molecule has 0 spiro atoms. The molecule has 0 radical (unpaired) electrons. The highest BCUT2D eigenvalue weighted by Gasteiger charge is 2.21. The van der Waals surface area contributed by atoms with Gasteiger partial charge in [-0.2, -0.15) is 0 Å². The lowest BCUT2D eigenvalue weighted by Gasteiger charge is -2.06. The Labute approximate surface area is 132 Å². The van der Waals surface area contributed by atoms with Gasteiger partial charge in [0, 0.05) is 36.3 Å². The summed E-state index contributed by atoms with van der Waals surface area (Å²) in [6.45, 7) is 3.59. The van der Waals surface area contributed by atoms with E-state index in [0.717, 1.165) is 11.3 Å². The zero-order valence-corrected chi connectivity index (χ0v) is 14.2. The van der Waals surface area contributed by atoms with Gasteiger partial charge in [-0.05, 0) is 18.9 Å². The van der Waals surface area contributed by atoms with E-state index in [1.54, 1.807) is 14.0 Å². The van der Waals surface area contributed by atoms with Crippen molar-refractivity contribution in [1.82, 2.24) is 5.32 Å². The molecule has 1 heterocycles. The van der Waals surface area contributed by atoms with Gasteiger partial charge in [-0.25, -0.2) is 8.42 Å². The molecule has 0 aliphatic carbocycles. The lowest BCUT2D eigenvalue weighted by Crippen LogP contribution is -2.25. The maximum Gasteiger partial charge on any atom is 0.271 e. The van der Waals surface area contributed by atoms with Gasteiger partial charge < -0.3 is 14.8 Å². The topological polar surface area (TPSA) is 81.7 Å². The Balaban J connectivity index is 2.42. The van der Waals surface area contributed by atoms with Crippen LogP contribution in [0.1, 0.15) is 22.3 Å². The highest BCUT2D eigenvalue weighted by Crippen LogP contribution is 2.29. The fourth-order valence-electron chi connectivity index (χ4n) is 1.58. The van der Waals surface area contributed by atoms with E-state index in [0.29, 0.717) is 43.9 Å². The van der Waals surface area contributed by atoms with Crippen molar-refractivity contribution in [3.8, 4) is 0 Å². The molecule has 9 heteroatoms. The average molecular weight is 356 g/mol. The minimum absolute atomic E-state index is 0.0113. The van der Waals surface area contributed by atoms with E-state index in [9.17, 15) is 13.2 Å². The van der Waals surface area contributed by atoms with Crippen molar-refractivity contribution >= 4 is 37.0 Å². The first-order valence-corrected chi connectivity index (χ1v) is 9.44. The van der Waals surface area contributed by atoms with Gasteiger partial charge in [0.1, 0.15) is 4.21 Å². The highest BCUT2D eigenvalue weighted by molar-refractivity contribution is 8.15. The molecule has 1 N–H and O–H groups in total. The van der Waals surface area contributed by atoms with Crippen LogP contribution < -0.4 is 5.32 Å². The first-order valence-electron chi connectivity index (χ1n) is 6.25. The Morgan fingerprint density at radius 3 is 2.67 bits per heavy atom. The van der Waals surface area contributed by atoms with Crippen molar-refractivity contribution in [3.63, 3.8) is 0 Å². The van der Waals surface area contributed by atoms with E-state index in [1.165, 1.54) is 5.38 Å². The van der Waals surface area contributed by atoms with Crippen LogP contribution in [-0.4, -0.2) is 47.8 Å². The van der Waals surface area contributed by atoms with Crippen molar-refractivity contribution < 1.29 is 22.7 Å². The van der Waals surface area contributed by atoms with E-state index in [4.69, 9.17) is 20.2 Å². The van der Waals surface area contributed by atoms with Crippen molar-refractivity contribution in [2.75, 3.05) is 33.5 Å². The number of nitrogens with one attached hydrogen (secondary N) is 1. The predicted molar refractivity (Wildman–Crippen MR) is 81.7 cm³/mol. The van der Waals surface area contributed by atoms with Gasteiger partial charge in [0.15, 0.2) is 0 Å². The van der Waals surface area contributed by atoms with Crippen LogP contribution in [0.4, 0.5) is 0 Å². The number of thiophene rings is 1. The second kappa shape index (κ2) is 8.70. The van der Waals surface area contributed by atoms with Crippen LogP contribution in [0.2, 0.25) is 0 Å². The van der Waals surface area contributed by atoms with Crippen LogP contribution in [0, 0.1) is 6.92 Å². The number of hydrogen-bond donors (Lipinski definition) is 1. The monoisotopic (exact) mass is 355 g/mol. The van der Waals surface area contributed by atoms with E-state index in [-0.39, 0.29) is 10.1 Å². The number of rotatable bonds is 9. The van der Waals surface area contributed by atoms with Crippen molar-refractivity contribution in [1.29, 1.82) is 0 Å². The zero-order valence-electron chi connectivity index (χ0n) is 11.8. The summed E-state index contributed by atoms with van der Waals surface area (Å²) in [6, 6.07) is 0. The molecule has 1 aromatic rings. The molecule has 120 valence electrons. The number of carbonyl (C=O) groups excluding carboxylic acids is 1. The molecule has 0 saturated heterocycles. The molecular weight excluding hydrogens is 338 g/mol. The fraction of sp³-hybridized carbons (Fsp3) is 0.583. The number of carbonyl (C=O) groups is 1. The third kappa shape index (κ3) is 5.91. The molecule has 0 saturated carbocycles. The Morgan fingerprint density at radius 1 is 1.38 bits per heavy atom. The summed E-state index contributed by atoms with van der Waals surface area (Å²) in [6.07, 6.45) is 0.666. The van der Waals surface area contributed by atoms with Crippen LogP contribution in [0.3, 0.4) is 0 Å². The Morgan fingerprint density at radius 2 is 2.10 bits per heavy atom. The molecule has 1 amide bonds. The Bertz CT molecular complexity index is 570. The zero-order chi connectivity index (χ0) is 15.9. The van der Waals surface area contributed by atoms with E-state index >= 15 is 0 Å². The molecule has 21 heavy (non-hydrogen) atoms. The van der Waals surface area contributed by atoms with Gasteiger partial charge in [-0.1, -0.05) is 0 Å². The predicted octanol–water partition coefficient (Wildman–Crippen LogP) is 1.77. The Kier molecular flexibility index (Phi) is 7.61. The molecule has 0 bridgehead atoms. The third-order valence-electron chi connectivity index (χ3n) is 2.64. The SMILES string of the molecule is COCCOCCCNC(=O)c1csc(S(=O)(=O)Cl)c1C. The van der Waals surface area contributed by atoms with E-state index < -0.39 is 9.05 Å². The van der Waals surface area contributed by atoms with Gasteiger partial charge in [0.05, 0.1) is 18.8 Å². The number of amides is 1. The van der Waals surface area contributed by atoms with Crippen LogP contribution >= 0.6 is 22.0 Å². The highest BCUT2D eigenvalue weighted by atomic mass is 35.7. The van der Waals surface area contributed by atoms with Crippen LogP contribution in [0.15, 0.2) is 9.59 Å². The summed E-state index contributed by atoms with van der Waals surface area (Å²) in [5.41, 5.74) is 0.711. The van der Waals surface area contributed by atoms with Gasteiger partial charge >= 0.3 is 0 Å². The minimum Gasteiger partial charge on any atom is -0.382 e. The van der Waals surface area contributed by atoms with E-state index in [2.05, 4.69) is 5.32 Å². The molecule has 0 fully saturated rings. The standard InChI is InChI=1S/C12H18ClNO5S2/c1-9-10(8-20-12(9)21(13,16)17)11(15)14-4-3-5-19-7-6-18-2/h8H,3-7H2,1-2H3,(H,14,15). The van der Waals surface area contributed by atoms with Crippen LogP contribution in [0.25, 0.3) is 0 Å². The van der Waals surface area contributed by atoms with Gasteiger partial charge in [-0.15, -0.1) is 11.3 Å². The second-order valence-corrected chi connectivity index (χ2v) is 7.86. The summed E-state index contributed by atoms with van der Waals surface area (Å²) < 4.78 is 32.7. The summed E-state index contributed by atoms with van der Waals surface area (Å²) in [5.74, 6) is -0.313. The smallest absolute Gasteiger partial charge is 0.271 e. The molecule has 1 rings (SSSR count).